The molecule has 0 nitrogen and oxygen atoms in total. The normalized spacial score (nSPS) is 69.0. The van der Waals surface area contributed by atoms with Crippen LogP contribution >= 0.6 is 0 Å². The molecule has 4 aliphatic rings. The van der Waals surface area contributed by atoms with Crippen LogP contribution < -0.4 is 0 Å². The lowest BCUT2D eigenvalue weighted by Crippen LogP contribution is -2.62. The minimum absolute atomic E-state index is 1.09. The Bertz CT molecular complexity index is 263. The van der Waals surface area contributed by atoms with Crippen molar-refractivity contribution in [3.63, 3.8) is 0 Å². The van der Waals surface area contributed by atoms with E-state index in [0.29, 0.717) is 0 Å². The molecule has 0 amide bonds. The minimum atomic E-state index is 1.09. The molecule has 14 heavy (non-hydrogen) atoms. The van der Waals surface area contributed by atoms with Crippen molar-refractivity contribution in [2.24, 2.45) is 47.3 Å². The van der Waals surface area contributed by atoms with Crippen molar-refractivity contribution in [1.82, 2.24) is 0 Å². The van der Waals surface area contributed by atoms with E-state index in [0.717, 1.165) is 11.8 Å². The van der Waals surface area contributed by atoms with Gasteiger partial charge in [0.25, 0.3) is 0 Å². The van der Waals surface area contributed by atoms with Gasteiger partial charge in [-0.3, -0.25) is 0 Å². The standard InChI is InChI=1S/C14H22/c1-7-5-12-11(7)6-13(12)14-8(2)9-3-4-10(9)14/h7-14H,3-6H2,1-2H3. The second-order valence-electron chi connectivity index (χ2n) is 6.78. The second kappa shape index (κ2) is 2.39. The van der Waals surface area contributed by atoms with E-state index in [9.17, 15) is 0 Å². The van der Waals surface area contributed by atoms with Crippen molar-refractivity contribution in [3.05, 3.63) is 0 Å². The van der Waals surface area contributed by atoms with Crippen LogP contribution in [-0.4, -0.2) is 0 Å². The number of fused-ring (bicyclic) bond motifs is 2. The fraction of sp³-hybridized carbons (Fsp3) is 1.00. The van der Waals surface area contributed by atoms with Gasteiger partial charge in [-0.1, -0.05) is 13.8 Å². The number of hydrogen-bond donors (Lipinski definition) is 0. The molecule has 0 bridgehead atoms. The van der Waals surface area contributed by atoms with Gasteiger partial charge in [0.2, 0.25) is 0 Å². The summed E-state index contributed by atoms with van der Waals surface area (Å²) in [6.07, 6.45) is 6.35. The molecule has 0 aromatic heterocycles. The first-order valence-corrected chi connectivity index (χ1v) is 6.77. The molecule has 0 aromatic carbocycles. The van der Waals surface area contributed by atoms with Crippen LogP contribution in [0.15, 0.2) is 0 Å². The highest BCUT2D eigenvalue weighted by molar-refractivity contribution is 5.11. The van der Waals surface area contributed by atoms with Gasteiger partial charge in [-0.25, -0.2) is 0 Å². The van der Waals surface area contributed by atoms with E-state index in [1.54, 1.807) is 25.7 Å². The third-order valence-corrected chi connectivity index (χ3v) is 6.67. The van der Waals surface area contributed by atoms with Crippen LogP contribution in [0, 0.1) is 47.3 Å². The average Bonchev–Trinajstić information content (AvgIpc) is 2.10. The summed E-state index contributed by atoms with van der Waals surface area (Å²) in [5, 5.41) is 0. The third-order valence-electron chi connectivity index (χ3n) is 6.67. The predicted octanol–water partition coefficient (Wildman–Crippen LogP) is 3.57. The Labute approximate surface area is 87.5 Å². The summed E-state index contributed by atoms with van der Waals surface area (Å²) in [7, 11) is 0. The molecule has 78 valence electrons. The van der Waals surface area contributed by atoms with Gasteiger partial charge in [-0.15, -0.1) is 0 Å². The first-order chi connectivity index (χ1) is 6.77. The molecule has 0 heterocycles. The van der Waals surface area contributed by atoms with Gasteiger partial charge >= 0.3 is 0 Å². The van der Waals surface area contributed by atoms with Gasteiger partial charge in [0.1, 0.15) is 0 Å². The van der Waals surface area contributed by atoms with Crippen molar-refractivity contribution in [2.45, 2.75) is 39.5 Å². The van der Waals surface area contributed by atoms with Crippen molar-refractivity contribution in [2.75, 3.05) is 0 Å². The second-order valence-corrected chi connectivity index (χ2v) is 6.78. The summed E-state index contributed by atoms with van der Waals surface area (Å²) in [5.74, 6) is 9.31. The van der Waals surface area contributed by atoms with Crippen molar-refractivity contribution in [1.29, 1.82) is 0 Å². The van der Waals surface area contributed by atoms with Crippen molar-refractivity contribution >= 4 is 0 Å². The predicted molar refractivity (Wildman–Crippen MR) is 57.7 cm³/mol. The van der Waals surface area contributed by atoms with Gasteiger partial charge < -0.3 is 0 Å². The van der Waals surface area contributed by atoms with Crippen LogP contribution in [0.5, 0.6) is 0 Å². The lowest BCUT2D eigenvalue weighted by Gasteiger charge is -2.69. The third kappa shape index (κ3) is 0.717. The molecule has 8 atom stereocenters. The Morgan fingerprint density at radius 1 is 0.714 bits per heavy atom. The molecule has 0 aliphatic heterocycles. The maximum absolute atomic E-state index is 2.54. The van der Waals surface area contributed by atoms with Crippen molar-refractivity contribution < 1.29 is 0 Å². The summed E-state index contributed by atoms with van der Waals surface area (Å²) < 4.78 is 0. The summed E-state index contributed by atoms with van der Waals surface area (Å²) in [5.41, 5.74) is 0. The Kier molecular flexibility index (Phi) is 1.40. The molecule has 0 N–H and O–H groups in total. The van der Waals surface area contributed by atoms with Gasteiger partial charge in [0.15, 0.2) is 0 Å². The van der Waals surface area contributed by atoms with Crippen molar-refractivity contribution in [3.8, 4) is 0 Å². The van der Waals surface area contributed by atoms with E-state index in [1.807, 2.05) is 0 Å². The van der Waals surface area contributed by atoms with Gasteiger partial charge in [0.05, 0.1) is 0 Å². The zero-order valence-electron chi connectivity index (χ0n) is 9.45. The molecule has 8 unspecified atom stereocenters. The smallest absolute Gasteiger partial charge is 0.0323 e. The largest absolute Gasteiger partial charge is 0.0622 e. The zero-order chi connectivity index (χ0) is 9.45. The topological polar surface area (TPSA) is 0 Å². The van der Waals surface area contributed by atoms with Gasteiger partial charge in [-0.2, -0.15) is 0 Å². The molecule has 0 aromatic rings. The van der Waals surface area contributed by atoms with Gasteiger partial charge in [0, 0.05) is 0 Å². The molecule has 0 spiro atoms. The van der Waals surface area contributed by atoms with E-state index in [2.05, 4.69) is 13.8 Å². The van der Waals surface area contributed by atoms with E-state index in [-0.39, 0.29) is 0 Å². The molecule has 4 fully saturated rings. The summed E-state index contributed by atoms with van der Waals surface area (Å²) >= 11 is 0. The molecule has 4 aliphatic carbocycles. The van der Waals surface area contributed by atoms with Crippen LogP contribution in [0.25, 0.3) is 0 Å². The molecule has 4 saturated carbocycles. The van der Waals surface area contributed by atoms with Crippen LogP contribution in [0.2, 0.25) is 0 Å². The molecule has 0 radical (unpaired) electrons. The van der Waals surface area contributed by atoms with E-state index in [1.165, 1.54) is 35.5 Å². The monoisotopic (exact) mass is 190 g/mol. The molecule has 0 saturated heterocycles. The first-order valence-electron chi connectivity index (χ1n) is 6.77. The van der Waals surface area contributed by atoms with Crippen LogP contribution in [0.3, 0.4) is 0 Å². The molecular weight excluding hydrogens is 168 g/mol. The fourth-order valence-electron chi connectivity index (χ4n) is 5.56. The number of hydrogen-bond acceptors (Lipinski definition) is 0. The number of rotatable bonds is 1. The van der Waals surface area contributed by atoms with Crippen LogP contribution in [0.4, 0.5) is 0 Å². The summed E-state index contributed by atoms with van der Waals surface area (Å²) in [6.45, 7) is 5.01. The van der Waals surface area contributed by atoms with E-state index in [4.69, 9.17) is 0 Å². The Morgan fingerprint density at radius 2 is 1.50 bits per heavy atom. The minimum Gasteiger partial charge on any atom is -0.0622 e. The quantitative estimate of drug-likeness (QED) is 0.593. The SMILES string of the molecule is CC1CC2C1CC2C1C(C)C2CCC21. The summed E-state index contributed by atoms with van der Waals surface area (Å²) in [4.78, 5) is 0. The Hall–Kier alpha value is 0. The highest BCUT2D eigenvalue weighted by Gasteiger charge is 2.62. The Balaban J connectivity index is 1.46. The maximum Gasteiger partial charge on any atom is -0.0323 e. The highest BCUT2D eigenvalue weighted by Crippen LogP contribution is 2.69. The van der Waals surface area contributed by atoms with Crippen LogP contribution in [0.1, 0.15) is 39.5 Å². The van der Waals surface area contributed by atoms with E-state index >= 15 is 0 Å². The highest BCUT2D eigenvalue weighted by atomic mass is 14.7. The maximum atomic E-state index is 2.54. The zero-order valence-corrected chi connectivity index (χ0v) is 9.45. The average molecular weight is 190 g/mol. The summed E-state index contributed by atoms with van der Waals surface area (Å²) in [6, 6.07) is 0. The van der Waals surface area contributed by atoms with Crippen LogP contribution in [-0.2, 0) is 0 Å². The lowest BCUT2D eigenvalue weighted by molar-refractivity contribution is -0.204. The molecule has 0 heteroatoms. The van der Waals surface area contributed by atoms with E-state index < -0.39 is 0 Å². The first kappa shape index (κ1) is 8.19. The Morgan fingerprint density at radius 3 is 1.93 bits per heavy atom. The fourth-order valence-corrected chi connectivity index (χ4v) is 5.56. The molecule has 4 rings (SSSR count). The lowest BCUT2D eigenvalue weighted by atomic mass is 9.36. The molecular formula is C14H22. The van der Waals surface area contributed by atoms with Gasteiger partial charge in [-0.05, 0) is 73.0 Å².